The predicted octanol–water partition coefficient (Wildman–Crippen LogP) is 3.37. The van der Waals surface area contributed by atoms with Gasteiger partial charge in [-0.3, -0.25) is 0 Å². The number of aromatic nitrogens is 2. The molecule has 0 radical (unpaired) electrons. The van der Waals surface area contributed by atoms with Crippen molar-refractivity contribution in [2.75, 3.05) is 12.0 Å². The van der Waals surface area contributed by atoms with E-state index in [-0.39, 0.29) is 6.04 Å². The molecule has 4 heteroatoms. The van der Waals surface area contributed by atoms with Gasteiger partial charge in [0.25, 0.3) is 0 Å². The molecule has 0 fully saturated rings. The molecule has 1 aromatic heterocycles. The van der Waals surface area contributed by atoms with Gasteiger partial charge in [0, 0.05) is 6.04 Å². The van der Waals surface area contributed by atoms with Gasteiger partial charge in [-0.15, -0.1) is 0 Å². The number of para-hydroxylation sites is 2. The molecule has 2 rings (SSSR count). The lowest BCUT2D eigenvalue weighted by Crippen LogP contribution is -2.18. The van der Waals surface area contributed by atoms with Crippen LogP contribution in [-0.4, -0.2) is 21.6 Å². The van der Waals surface area contributed by atoms with E-state index >= 15 is 0 Å². The zero-order valence-electron chi connectivity index (χ0n) is 11.3. The van der Waals surface area contributed by atoms with Gasteiger partial charge in [0.05, 0.1) is 17.1 Å². The molecule has 0 spiro atoms. The molecule has 0 amide bonds. The van der Waals surface area contributed by atoms with E-state index in [4.69, 9.17) is 10.7 Å². The first-order chi connectivity index (χ1) is 8.65. The summed E-state index contributed by atoms with van der Waals surface area (Å²) in [7, 11) is 0. The van der Waals surface area contributed by atoms with Crippen molar-refractivity contribution in [1.82, 2.24) is 9.55 Å². The standard InChI is InChI=1S/C14H21N3S/c1-10(2)17-13-7-5-4-6-12(13)16-14(17)11(15)8-9-18-3/h4-7,10-11H,8-9,15H2,1-3H3. The average molecular weight is 263 g/mol. The fraction of sp³-hybridized carbons (Fsp3) is 0.500. The van der Waals surface area contributed by atoms with E-state index in [1.54, 1.807) is 0 Å². The van der Waals surface area contributed by atoms with Gasteiger partial charge in [0.1, 0.15) is 5.82 Å². The van der Waals surface area contributed by atoms with Gasteiger partial charge in [0.2, 0.25) is 0 Å². The van der Waals surface area contributed by atoms with Crippen molar-refractivity contribution >= 4 is 22.8 Å². The number of nitrogens with two attached hydrogens (primary N) is 1. The maximum absolute atomic E-state index is 6.29. The number of imidazole rings is 1. The molecule has 1 atom stereocenters. The van der Waals surface area contributed by atoms with E-state index < -0.39 is 0 Å². The molecule has 0 aliphatic rings. The van der Waals surface area contributed by atoms with E-state index in [0.29, 0.717) is 6.04 Å². The van der Waals surface area contributed by atoms with Crippen molar-refractivity contribution in [3.63, 3.8) is 0 Å². The van der Waals surface area contributed by atoms with E-state index in [0.717, 1.165) is 23.5 Å². The Morgan fingerprint density at radius 1 is 1.33 bits per heavy atom. The summed E-state index contributed by atoms with van der Waals surface area (Å²) in [5.41, 5.74) is 8.51. The Balaban J connectivity index is 2.45. The Labute approximate surface area is 113 Å². The van der Waals surface area contributed by atoms with Crippen molar-refractivity contribution in [1.29, 1.82) is 0 Å². The van der Waals surface area contributed by atoms with Crippen LogP contribution in [0.3, 0.4) is 0 Å². The molecule has 98 valence electrons. The number of hydrogen-bond donors (Lipinski definition) is 1. The third-order valence-electron chi connectivity index (χ3n) is 3.10. The van der Waals surface area contributed by atoms with Crippen molar-refractivity contribution in [2.45, 2.75) is 32.4 Å². The molecule has 2 aromatic rings. The van der Waals surface area contributed by atoms with Gasteiger partial charge in [-0.05, 0) is 44.4 Å². The quantitative estimate of drug-likeness (QED) is 0.899. The molecular formula is C14H21N3S. The maximum atomic E-state index is 6.29. The van der Waals surface area contributed by atoms with Crippen LogP contribution in [0.1, 0.15) is 38.2 Å². The molecule has 1 unspecified atom stereocenters. The number of nitrogens with zero attached hydrogens (tertiary/aromatic N) is 2. The van der Waals surface area contributed by atoms with Crippen molar-refractivity contribution in [3.05, 3.63) is 30.1 Å². The van der Waals surface area contributed by atoms with E-state index in [1.807, 2.05) is 17.8 Å². The number of hydrogen-bond acceptors (Lipinski definition) is 3. The summed E-state index contributed by atoms with van der Waals surface area (Å²) in [6.45, 7) is 4.36. The Morgan fingerprint density at radius 3 is 2.72 bits per heavy atom. The lowest BCUT2D eigenvalue weighted by Gasteiger charge is -2.17. The summed E-state index contributed by atoms with van der Waals surface area (Å²) >= 11 is 1.83. The molecule has 0 aliphatic carbocycles. The lowest BCUT2D eigenvalue weighted by molar-refractivity contribution is 0.536. The van der Waals surface area contributed by atoms with Crippen LogP contribution in [0.15, 0.2) is 24.3 Å². The average Bonchev–Trinajstić information content (AvgIpc) is 2.75. The number of thioether (sulfide) groups is 1. The second kappa shape index (κ2) is 5.76. The monoisotopic (exact) mass is 263 g/mol. The summed E-state index contributed by atoms with van der Waals surface area (Å²) in [5.74, 6) is 2.09. The Morgan fingerprint density at radius 2 is 2.06 bits per heavy atom. The zero-order valence-corrected chi connectivity index (χ0v) is 12.1. The van der Waals surface area contributed by atoms with Crippen LogP contribution in [0.4, 0.5) is 0 Å². The van der Waals surface area contributed by atoms with Crippen LogP contribution >= 0.6 is 11.8 Å². The summed E-state index contributed by atoms with van der Waals surface area (Å²) in [6, 6.07) is 8.66. The molecular weight excluding hydrogens is 242 g/mol. The Bertz CT molecular complexity index is 519. The summed E-state index contributed by atoms with van der Waals surface area (Å²) in [6.07, 6.45) is 3.08. The summed E-state index contributed by atoms with van der Waals surface area (Å²) in [4.78, 5) is 4.72. The van der Waals surface area contributed by atoms with Gasteiger partial charge >= 0.3 is 0 Å². The second-order valence-corrected chi connectivity index (χ2v) is 5.80. The van der Waals surface area contributed by atoms with Gasteiger partial charge in [-0.2, -0.15) is 11.8 Å². The minimum absolute atomic E-state index is 0.0206. The van der Waals surface area contributed by atoms with Crippen LogP contribution < -0.4 is 5.73 Å². The fourth-order valence-corrected chi connectivity index (χ4v) is 2.73. The highest BCUT2D eigenvalue weighted by atomic mass is 32.2. The molecule has 18 heavy (non-hydrogen) atoms. The Kier molecular flexibility index (Phi) is 4.30. The van der Waals surface area contributed by atoms with Crippen LogP contribution in [0.2, 0.25) is 0 Å². The van der Waals surface area contributed by atoms with Gasteiger partial charge in [0.15, 0.2) is 0 Å². The van der Waals surface area contributed by atoms with Crippen LogP contribution in [0.5, 0.6) is 0 Å². The van der Waals surface area contributed by atoms with Gasteiger partial charge < -0.3 is 10.3 Å². The molecule has 0 aliphatic heterocycles. The number of rotatable bonds is 5. The zero-order chi connectivity index (χ0) is 13.1. The molecule has 0 saturated carbocycles. The van der Waals surface area contributed by atoms with E-state index in [2.05, 4.69) is 42.9 Å². The lowest BCUT2D eigenvalue weighted by atomic mass is 10.2. The smallest absolute Gasteiger partial charge is 0.127 e. The fourth-order valence-electron chi connectivity index (χ4n) is 2.24. The minimum atomic E-state index is 0.0206. The first kappa shape index (κ1) is 13.4. The largest absolute Gasteiger partial charge is 0.324 e. The second-order valence-electron chi connectivity index (χ2n) is 4.81. The van der Waals surface area contributed by atoms with Crippen molar-refractivity contribution < 1.29 is 0 Å². The minimum Gasteiger partial charge on any atom is -0.324 e. The third kappa shape index (κ3) is 2.54. The van der Waals surface area contributed by atoms with Crippen molar-refractivity contribution in [3.8, 4) is 0 Å². The summed E-state index contributed by atoms with van der Waals surface area (Å²) < 4.78 is 2.26. The molecule has 2 N–H and O–H groups in total. The van der Waals surface area contributed by atoms with E-state index in [1.165, 1.54) is 5.52 Å². The number of benzene rings is 1. The molecule has 1 heterocycles. The first-order valence-corrected chi connectivity index (χ1v) is 7.76. The van der Waals surface area contributed by atoms with Crippen LogP contribution in [-0.2, 0) is 0 Å². The highest BCUT2D eigenvalue weighted by Gasteiger charge is 2.18. The van der Waals surface area contributed by atoms with Gasteiger partial charge in [-0.25, -0.2) is 4.98 Å². The van der Waals surface area contributed by atoms with Crippen LogP contribution in [0.25, 0.3) is 11.0 Å². The van der Waals surface area contributed by atoms with Crippen LogP contribution in [0, 0.1) is 0 Å². The number of fused-ring (bicyclic) bond motifs is 1. The predicted molar refractivity (Wildman–Crippen MR) is 80.0 cm³/mol. The molecule has 0 bridgehead atoms. The molecule has 0 saturated heterocycles. The first-order valence-electron chi connectivity index (χ1n) is 6.36. The van der Waals surface area contributed by atoms with Crippen molar-refractivity contribution in [2.24, 2.45) is 5.73 Å². The molecule has 3 nitrogen and oxygen atoms in total. The van der Waals surface area contributed by atoms with E-state index in [9.17, 15) is 0 Å². The topological polar surface area (TPSA) is 43.8 Å². The normalized spacial score (nSPS) is 13.4. The maximum Gasteiger partial charge on any atom is 0.127 e. The van der Waals surface area contributed by atoms with Gasteiger partial charge in [-0.1, -0.05) is 12.1 Å². The SMILES string of the molecule is CSCCC(N)c1nc2ccccc2n1C(C)C. The molecule has 1 aromatic carbocycles. The summed E-state index contributed by atoms with van der Waals surface area (Å²) in [5, 5.41) is 0. The Hall–Kier alpha value is -1.00. The highest BCUT2D eigenvalue weighted by molar-refractivity contribution is 7.98. The third-order valence-corrected chi connectivity index (χ3v) is 3.75. The highest BCUT2D eigenvalue weighted by Crippen LogP contribution is 2.25.